The Balaban J connectivity index is 1.25. The van der Waals surface area contributed by atoms with Gasteiger partial charge in [0.2, 0.25) is 0 Å². The monoisotopic (exact) mass is 783 g/mol. The maximum Gasteiger partial charge on any atom is 0.319 e. The molecule has 5 aliphatic rings. The molecule has 0 radical (unpaired) electrons. The van der Waals surface area contributed by atoms with Crippen LogP contribution in [-0.4, -0.2) is 71.9 Å². The lowest BCUT2D eigenvalue weighted by Gasteiger charge is -2.40. The Kier molecular flexibility index (Phi) is 9.43. The number of alkyl halides is 2. The van der Waals surface area contributed by atoms with Crippen molar-refractivity contribution in [2.75, 3.05) is 31.1 Å². The molecule has 1 aliphatic carbocycles. The zero-order valence-corrected chi connectivity index (χ0v) is 34.4. The lowest BCUT2D eigenvalue weighted by Crippen LogP contribution is -2.46. The number of hydrogen-bond acceptors (Lipinski definition) is 6. The van der Waals surface area contributed by atoms with Gasteiger partial charge < -0.3 is 9.64 Å². The minimum atomic E-state index is -2.28. The van der Waals surface area contributed by atoms with Gasteiger partial charge in [0.1, 0.15) is 49.9 Å². The molecule has 4 aromatic rings. The molecule has 2 bridgehead atoms. The van der Waals surface area contributed by atoms with Gasteiger partial charge in [-0.2, -0.15) is 9.97 Å². The lowest BCUT2D eigenvalue weighted by atomic mass is 9.87. The summed E-state index contributed by atoms with van der Waals surface area (Å²) in [7, 11) is -2.28. The van der Waals surface area contributed by atoms with Gasteiger partial charge in [0, 0.05) is 42.9 Å². The van der Waals surface area contributed by atoms with Crippen LogP contribution in [0.1, 0.15) is 104 Å². The average molecular weight is 784 g/mol. The number of hydrogen-bond donors (Lipinski definition) is 0. The number of rotatable bonds is 7. The first-order valence-electron chi connectivity index (χ1n) is 20.9. The molecule has 2 aromatic carbocycles. The van der Waals surface area contributed by atoms with Crippen molar-refractivity contribution in [2.45, 2.75) is 127 Å². The summed E-state index contributed by atoms with van der Waals surface area (Å²) in [6.45, 7) is 15.3. The van der Waals surface area contributed by atoms with Crippen LogP contribution in [0.25, 0.3) is 32.9 Å². The van der Waals surface area contributed by atoms with Crippen molar-refractivity contribution in [3.8, 4) is 28.7 Å². The predicted octanol–water partition coefficient (Wildman–Crippen LogP) is 10.7. The number of aromatic nitrogens is 3. The smallest absolute Gasteiger partial charge is 0.319 e. The molecule has 56 heavy (non-hydrogen) atoms. The number of pyridine rings is 1. The molecule has 1 saturated carbocycles. The van der Waals surface area contributed by atoms with Gasteiger partial charge in [-0.1, -0.05) is 71.7 Å². The molecule has 4 fully saturated rings. The zero-order valence-electron chi connectivity index (χ0n) is 33.4. The maximum absolute atomic E-state index is 17.6. The Morgan fingerprint density at radius 1 is 0.929 bits per heavy atom. The predicted molar refractivity (Wildman–Crippen MR) is 217 cm³/mol. The Morgan fingerprint density at radius 2 is 1.71 bits per heavy atom. The highest BCUT2D eigenvalue weighted by atomic mass is 28.3. The van der Waals surface area contributed by atoms with Crippen LogP contribution < -0.4 is 9.64 Å². The van der Waals surface area contributed by atoms with E-state index in [1.165, 1.54) is 6.07 Å². The number of piperidine rings is 1. The largest absolute Gasteiger partial charge is 0.461 e. The van der Waals surface area contributed by atoms with Crippen molar-refractivity contribution in [3.63, 3.8) is 0 Å². The van der Waals surface area contributed by atoms with Gasteiger partial charge in [-0.15, -0.1) is 5.54 Å². The number of nitrogens with zero attached hydrogens (tertiary/aromatic N) is 5. The molecular weight excluding hydrogens is 731 g/mol. The molecule has 6 atom stereocenters. The molecule has 2 aromatic heterocycles. The fraction of sp³-hybridized carbons (Fsp3) is 0.578. The van der Waals surface area contributed by atoms with E-state index in [9.17, 15) is 4.39 Å². The van der Waals surface area contributed by atoms with Crippen molar-refractivity contribution in [1.29, 1.82) is 0 Å². The van der Waals surface area contributed by atoms with Crippen LogP contribution in [0.4, 0.5) is 23.4 Å². The molecule has 0 spiro atoms. The first-order chi connectivity index (χ1) is 26.8. The third kappa shape index (κ3) is 5.86. The van der Waals surface area contributed by atoms with Crippen LogP contribution in [0, 0.1) is 34.9 Å². The van der Waals surface area contributed by atoms with Crippen LogP contribution in [0.15, 0.2) is 30.3 Å². The normalized spacial score (nSPS) is 27.3. The van der Waals surface area contributed by atoms with E-state index in [-0.39, 0.29) is 52.9 Å². The molecule has 6 heterocycles. The highest BCUT2D eigenvalue weighted by Gasteiger charge is 2.50. The van der Waals surface area contributed by atoms with E-state index in [0.29, 0.717) is 70.1 Å². The minimum Gasteiger partial charge on any atom is -0.461 e. The van der Waals surface area contributed by atoms with Crippen LogP contribution >= 0.6 is 0 Å². The second-order valence-corrected chi connectivity index (χ2v) is 24.0. The molecule has 296 valence electrons. The average Bonchev–Trinajstić information content (AvgIpc) is 3.81. The summed E-state index contributed by atoms with van der Waals surface area (Å²) in [5.74, 6) is 3.30. The maximum atomic E-state index is 17.6. The minimum absolute atomic E-state index is 0.000105. The fourth-order valence-corrected chi connectivity index (χ4v) is 17.2. The highest BCUT2D eigenvalue weighted by molar-refractivity contribution is 6.90. The zero-order chi connectivity index (χ0) is 39.3. The van der Waals surface area contributed by atoms with E-state index >= 15 is 13.2 Å². The first-order valence-corrected chi connectivity index (χ1v) is 23.1. The van der Waals surface area contributed by atoms with Gasteiger partial charge in [-0.25, -0.2) is 22.5 Å². The van der Waals surface area contributed by atoms with Gasteiger partial charge in [-0.05, 0) is 78.6 Å². The summed E-state index contributed by atoms with van der Waals surface area (Å²) in [6, 6.07) is 8.36. The van der Waals surface area contributed by atoms with Crippen LogP contribution in [-0.2, 0) is 0 Å². The molecule has 11 heteroatoms. The molecule has 9 rings (SSSR count). The number of halogens is 4. The summed E-state index contributed by atoms with van der Waals surface area (Å²) in [6.07, 6.45) is 3.05. The summed E-state index contributed by atoms with van der Waals surface area (Å²) in [4.78, 5) is 18.9. The van der Waals surface area contributed by atoms with E-state index in [2.05, 4.69) is 62.8 Å². The number of fused-ring (bicyclic) bond motifs is 7. The summed E-state index contributed by atoms with van der Waals surface area (Å²) < 4.78 is 71.9. The topological polar surface area (TPSA) is 54.4 Å². The second kappa shape index (κ2) is 14.0. The molecule has 4 aliphatic heterocycles. The van der Waals surface area contributed by atoms with Gasteiger partial charge in [0.25, 0.3) is 0 Å². The van der Waals surface area contributed by atoms with Crippen LogP contribution in [0.3, 0.4) is 0 Å². The van der Waals surface area contributed by atoms with E-state index in [1.807, 2.05) is 6.07 Å². The third-order valence-electron chi connectivity index (χ3n) is 14.5. The molecule has 3 saturated heterocycles. The second-order valence-electron chi connectivity index (χ2n) is 18.4. The molecule has 0 amide bonds. The van der Waals surface area contributed by atoms with E-state index < -0.39 is 37.6 Å². The fourth-order valence-electron chi connectivity index (χ4n) is 11.9. The van der Waals surface area contributed by atoms with E-state index in [1.54, 1.807) is 18.2 Å². The van der Waals surface area contributed by atoms with Gasteiger partial charge in [-0.3, -0.25) is 4.90 Å². The van der Waals surface area contributed by atoms with Gasteiger partial charge in [0.05, 0.1) is 22.2 Å². The number of ether oxygens (including phenoxy) is 1. The Morgan fingerprint density at radius 3 is 2.48 bits per heavy atom. The summed E-state index contributed by atoms with van der Waals surface area (Å²) in [5.41, 5.74) is 4.68. The van der Waals surface area contributed by atoms with Crippen molar-refractivity contribution >= 4 is 35.6 Å². The Hall–Kier alpha value is -3.75. The quantitative estimate of drug-likeness (QED) is 0.106. The molecule has 6 nitrogen and oxygen atoms in total. The van der Waals surface area contributed by atoms with Crippen molar-refractivity contribution in [3.05, 3.63) is 53.2 Å². The summed E-state index contributed by atoms with van der Waals surface area (Å²) >= 11 is 0. The van der Waals surface area contributed by atoms with Gasteiger partial charge in [0.15, 0.2) is 5.82 Å². The molecule has 0 unspecified atom stereocenters. The third-order valence-corrected chi connectivity index (χ3v) is 20.8. The van der Waals surface area contributed by atoms with Crippen LogP contribution in [0.5, 0.6) is 6.01 Å². The number of anilines is 1. The summed E-state index contributed by atoms with van der Waals surface area (Å²) in [5, 5.41) is 1.41. The lowest BCUT2D eigenvalue weighted by molar-refractivity contribution is 0.107. The molecular formula is C45H53F4N5OSi. The standard InChI is InChI=1S/C45H53F4N5OSi/c1-25(2)56(26(3)4,27(5)6)18-15-32-34(47)14-13-29-9-7-10-33(37(29)32)40-39(49)42-38-41(50-40)35(48)20-36-30-12-11-28(19-30)22-54(36)43(38)52-44(51-42)55-24-45-16-8-17-53(45)23-31(46)21-45/h7,9-10,13-14,25-28,30-31,35-36H,8,11-12,16-17,19-24H2,1-6H3/t28-,30+,31+,35+,36+,45-/m0/s1. The van der Waals surface area contributed by atoms with Crippen molar-refractivity contribution < 1.29 is 22.3 Å². The van der Waals surface area contributed by atoms with Gasteiger partial charge >= 0.3 is 6.01 Å². The SMILES string of the molecule is CC(C)[Si](C#Cc1c(F)ccc2cccc(-c3nc4c5c(nc(OC[C@@]67CCCN6C[C@H](F)C7)nc5c3F)N3C[C@H]5CC[C@H](C5)[C@H]3C[C@H]4F)c12)(C(C)C)C(C)C. The van der Waals surface area contributed by atoms with E-state index in [4.69, 9.17) is 19.7 Å². The Labute approximate surface area is 328 Å². The van der Waals surface area contributed by atoms with Crippen molar-refractivity contribution in [1.82, 2.24) is 19.9 Å². The Bertz CT molecular complexity index is 2250. The van der Waals surface area contributed by atoms with E-state index in [0.717, 1.165) is 38.6 Å². The van der Waals surface area contributed by atoms with Crippen LogP contribution in [0.2, 0.25) is 16.6 Å². The highest BCUT2D eigenvalue weighted by Crippen LogP contribution is 2.51. The first kappa shape index (κ1) is 37.8. The molecule has 0 N–H and O–H groups in total. The number of benzene rings is 2. The van der Waals surface area contributed by atoms with Crippen molar-refractivity contribution in [2.24, 2.45) is 11.8 Å².